The van der Waals surface area contributed by atoms with Crippen molar-refractivity contribution >= 4 is 29.9 Å². The van der Waals surface area contributed by atoms with Gasteiger partial charge in [-0.15, -0.1) is 24.0 Å². The summed E-state index contributed by atoms with van der Waals surface area (Å²) >= 11 is 0. The molecule has 0 heterocycles. The van der Waals surface area contributed by atoms with Gasteiger partial charge in [0.25, 0.3) is 0 Å². The SMILES string of the molecule is CCOc1cc(CNC(=NC)NCCc2ccc(OCC)c(OCC)c2)ccc1OC.I. The van der Waals surface area contributed by atoms with Gasteiger partial charge in [-0.25, -0.2) is 0 Å². The second-order valence-corrected chi connectivity index (χ2v) is 6.67. The van der Waals surface area contributed by atoms with Crippen molar-refractivity contribution in [2.75, 3.05) is 40.5 Å². The molecule has 178 valence electrons. The maximum atomic E-state index is 5.71. The number of benzene rings is 2. The third-order valence-corrected chi connectivity index (χ3v) is 4.53. The normalized spacial score (nSPS) is 10.7. The van der Waals surface area contributed by atoms with E-state index in [1.165, 1.54) is 5.56 Å². The zero-order valence-electron chi connectivity index (χ0n) is 19.7. The number of aliphatic imine (C=N–C) groups is 1. The highest BCUT2D eigenvalue weighted by atomic mass is 127. The number of nitrogens with one attached hydrogen (secondary N) is 2. The molecule has 0 spiro atoms. The fourth-order valence-electron chi connectivity index (χ4n) is 3.08. The third kappa shape index (κ3) is 8.64. The lowest BCUT2D eigenvalue weighted by Gasteiger charge is -2.15. The van der Waals surface area contributed by atoms with E-state index in [1.54, 1.807) is 14.2 Å². The third-order valence-electron chi connectivity index (χ3n) is 4.53. The molecule has 0 aromatic heterocycles. The summed E-state index contributed by atoms with van der Waals surface area (Å²) < 4.78 is 22.3. The van der Waals surface area contributed by atoms with E-state index in [4.69, 9.17) is 18.9 Å². The molecule has 0 radical (unpaired) electrons. The molecule has 0 amide bonds. The van der Waals surface area contributed by atoms with Gasteiger partial charge in [-0.2, -0.15) is 0 Å². The Morgan fingerprint density at radius 3 is 1.97 bits per heavy atom. The van der Waals surface area contributed by atoms with Crippen LogP contribution < -0.4 is 29.6 Å². The van der Waals surface area contributed by atoms with E-state index in [2.05, 4.69) is 21.7 Å². The molecule has 0 unspecified atom stereocenters. The molecule has 0 bridgehead atoms. The van der Waals surface area contributed by atoms with Crippen LogP contribution in [0.2, 0.25) is 0 Å². The number of nitrogens with zero attached hydrogens (tertiary/aromatic N) is 1. The Hall–Kier alpha value is -2.36. The molecular formula is C24H36IN3O4. The first kappa shape index (κ1) is 27.7. The molecule has 7 nitrogen and oxygen atoms in total. The van der Waals surface area contributed by atoms with E-state index in [1.807, 2.05) is 51.1 Å². The summed E-state index contributed by atoms with van der Waals surface area (Å²) in [4.78, 5) is 4.31. The lowest BCUT2D eigenvalue weighted by atomic mass is 10.1. The van der Waals surface area contributed by atoms with Gasteiger partial charge < -0.3 is 29.6 Å². The number of halogens is 1. The lowest BCUT2D eigenvalue weighted by Crippen LogP contribution is -2.37. The molecule has 2 aromatic carbocycles. The monoisotopic (exact) mass is 557 g/mol. The average molecular weight is 557 g/mol. The van der Waals surface area contributed by atoms with Gasteiger partial charge in [-0.05, 0) is 62.6 Å². The van der Waals surface area contributed by atoms with E-state index >= 15 is 0 Å². The van der Waals surface area contributed by atoms with Crippen molar-refractivity contribution in [2.45, 2.75) is 33.7 Å². The van der Waals surface area contributed by atoms with E-state index in [0.717, 1.165) is 47.5 Å². The van der Waals surface area contributed by atoms with Crippen molar-refractivity contribution in [3.63, 3.8) is 0 Å². The van der Waals surface area contributed by atoms with Crippen LogP contribution in [0.3, 0.4) is 0 Å². The van der Waals surface area contributed by atoms with E-state index < -0.39 is 0 Å². The molecule has 8 heteroatoms. The lowest BCUT2D eigenvalue weighted by molar-refractivity contribution is 0.287. The van der Waals surface area contributed by atoms with Crippen LogP contribution in [0.25, 0.3) is 0 Å². The minimum absolute atomic E-state index is 0. The maximum absolute atomic E-state index is 5.71. The first-order chi connectivity index (χ1) is 15.1. The smallest absolute Gasteiger partial charge is 0.191 e. The highest BCUT2D eigenvalue weighted by Crippen LogP contribution is 2.29. The van der Waals surface area contributed by atoms with E-state index in [0.29, 0.717) is 26.4 Å². The van der Waals surface area contributed by atoms with Crippen LogP contribution in [0.1, 0.15) is 31.9 Å². The fraction of sp³-hybridized carbons (Fsp3) is 0.458. The predicted octanol–water partition coefficient (Wildman–Crippen LogP) is 4.42. The van der Waals surface area contributed by atoms with Crippen LogP contribution >= 0.6 is 24.0 Å². The Balaban J connectivity index is 0.00000512. The van der Waals surface area contributed by atoms with Crippen molar-refractivity contribution < 1.29 is 18.9 Å². The molecule has 0 aliphatic carbocycles. The van der Waals surface area contributed by atoms with Gasteiger partial charge in [0.15, 0.2) is 29.0 Å². The minimum Gasteiger partial charge on any atom is -0.493 e. The molecule has 0 aliphatic rings. The van der Waals surface area contributed by atoms with Crippen molar-refractivity contribution in [2.24, 2.45) is 4.99 Å². The van der Waals surface area contributed by atoms with E-state index in [9.17, 15) is 0 Å². The topological polar surface area (TPSA) is 73.3 Å². The van der Waals surface area contributed by atoms with Crippen LogP contribution in [0.5, 0.6) is 23.0 Å². The molecule has 32 heavy (non-hydrogen) atoms. The molecule has 2 aromatic rings. The van der Waals surface area contributed by atoms with Crippen LogP contribution in [0.4, 0.5) is 0 Å². The Labute approximate surface area is 208 Å². The largest absolute Gasteiger partial charge is 0.493 e. The van der Waals surface area contributed by atoms with Crippen molar-refractivity contribution in [1.29, 1.82) is 0 Å². The van der Waals surface area contributed by atoms with Crippen LogP contribution in [-0.2, 0) is 13.0 Å². The van der Waals surface area contributed by atoms with Gasteiger partial charge >= 0.3 is 0 Å². The first-order valence-electron chi connectivity index (χ1n) is 10.8. The molecule has 0 atom stereocenters. The number of ether oxygens (including phenoxy) is 4. The summed E-state index contributed by atoms with van der Waals surface area (Å²) in [6.45, 7) is 9.08. The first-order valence-corrected chi connectivity index (χ1v) is 10.8. The number of rotatable bonds is 12. The number of methoxy groups -OCH3 is 1. The fourth-order valence-corrected chi connectivity index (χ4v) is 3.08. The second kappa shape index (κ2) is 15.4. The molecule has 2 rings (SSSR count). The maximum Gasteiger partial charge on any atom is 0.191 e. The van der Waals surface area contributed by atoms with Crippen LogP contribution in [-0.4, -0.2) is 46.5 Å². The summed E-state index contributed by atoms with van der Waals surface area (Å²) in [7, 11) is 3.41. The Morgan fingerprint density at radius 1 is 0.781 bits per heavy atom. The molecule has 2 N–H and O–H groups in total. The molecule has 0 saturated carbocycles. The standard InChI is InChI=1S/C24H35N3O4.HI/c1-6-29-21-12-9-18(15-23(21)31-8-3)13-14-26-24(25-4)27-17-19-10-11-20(28-5)22(16-19)30-7-2;/h9-12,15-16H,6-8,13-14,17H2,1-5H3,(H2,25,26,27);1H. The van der Waals surface area contributed by atoms with Gasteiger partial charge in [-0.1, -0.05) is 12.1 Å². The minimum atomic E-state index is 0. The Kier molecular flexibility index (Phi) is 13.4. The molecule has 0 fully saturated rings. The summed E-state index contributed by atoms with van der Waals surface area (Å²) in [5, 5.41) is 6.69. The van der Waals surface area contributed by atoms with Gasteiger partial charge in [-0.3, -0.25) is 4.99 Å². The zero-order valence-corrected chi connectivity index (χ0v) is 22.0. The highest BCUT2D eigenvalue weighted by molar-refractivity contribution is 14.0. The molecule has 0 saturated heterocycles. The van der Waals surface area contributed by atoms with Crippen molar-refractivity contribution in [3.05, 3.63) is 47.5 Å². The predicted molar refractivity (Wildman–Crippen MR) is 140 cm³/mol. The summed E-state index contributed by atoms with van der Waals surface area (Å²) in [6, 6.07) is 12.0. The quantitative estimate of drug-likeness (QED) is 0.229. The van der Waals surface area contributed by atoms with Gasteiger partial charge in [0, 0.05) is 20.1 Å². The van der Waals surface area contributed by atoms with Gasteiger partial charge in [0.2, 0.25) is 0 Å². The average Bonchev–Trinajstić information content (AvgIpc) is 2.78. The Bertz CT molecular complexity index is 846. The van der Waals surface area contributed by atoms with Crippen LogP contribution in [0, 0.1) is 0 Å². The number of hydrogen-bond acceptors (Lipinski definition) is 5. The molecular weight excluding hydrogens is 521 g/mol. The zero-order chi connectivity index (χ0) is 22.5. The summed E-state index contributed by atoms with van der Waals surface area (Å²) in [5.41, 5.74) is 2.26. The van der Waals surface area contributed by atoms with Gasteiger partial charge in [0.1, 0.15) is 0 Å². The van der Waals surface area contributed by atoms with Gasteiger partial charge in [0.05, 0.1) is 26.9 Å². The second-order valence-electron chi connectivity index (χ2n) is 6.67. The van der Waals surface area contributed by atoms with Crippen LogP contribution in [0.15, 0.2) is 41.4 Å². The Morgan fingerprint density at radius 2 is 1.34 bits per heavy atom. The van der Waals surface area contributed by atoms with E-state index in [-0.39, 0.29) is 24.0 Å². The summed E-state index contributed by atoms with van der Waals surface area (Å²) in [5.74, 6) is 3.78. The molecule has 0 aliphatic heterocycles. The number of hydrogen-bond donors (Lipinski definition) is 2. The summed E-state index contributed by atoms with van der Waals surface area (Å²) in [6.07, 6.45) is 0.838. The highest BCUT2D eigenvalue weighted by Gasteiger charge is 2.08. The van der Waals surface area contributed by atoms with Crippen molar-refractivity contribution in [3.8, 4) is 23.0 Å². The number of guanidine groups is 1. The van der Waals surface area contributed by atoms with Crippen molar-refractivity contribution in [1.82, 2.24) is 10.6 Å².